The molecule has 0 radical (unpaired) electrons. The monoisotopic (exact) mass is 733 g/mol. The molecule has 12 heteroatoms. The zero-order chi connectivity index (χ0) is 38.1. The van der Waals surface area contributed by atoms with Crippen LogP contribution in [0.5, 0.6) is 17.2 Å². The number of aliphatic hydroxyl groups is 1. The molecule has 3 aromatic rings. The summed E-state index contributed by atoms with van der Waals surface area (Å²) in [5.41, 5.74) is 6.34. The van der Waals surface area contributed by atoms with Crippen molar-refractivity contribution in [2.45, 2.75) is 78.5 Å². The summed E-state index contributed by atoms with van der Waals surface area (Å²) in [6.45, 7) is 8.56. The minimum Gasteiger partial charge on any atom is -0.493 e. The highest BCUT2D eigenvalue weighted by molar-refractivity contribution is 6.18. The van der Waals surface area contributed by atoms with Crippen LogP contribution in [0, 0.1) is 13.8 Å². The van der Waals surface area contributed by atoms with Gasteiger partial charge in [-0.2, -0.15) is 4.58 Å². The molecule has 4 aliphatic heterocycles. The molecule has 7 rings (SSSR count). The second kappa shape index (κ2) is 15.2. The first-order chi connectivity index (χ1) is 26.0. The Kier molecular flexibility index (Phi) is 10.3. The summed E-state index contributed by atoms with van der Waals surface area (Å²) in [6.07, 6.45) is 7.98. The van der Waals surface area contributed by atoms with Crippen LogP contribution in [0.2, 0.25) is 0 Å². The van der Waals surface area contributed by atoms with Crippen molar-refractivity contribution in [3.63, 3.8) is 0 Å². The lowest BCUT2D eigenvalue weighted by Crippen LogP contribution is -2.45. The number of amides is 3. The van der Waals surface area contributed by atoms with E-state index in [4.69, 9.17) is 18.9 Å². The number of methoxy groups -OCH3 is 1. The van der Waals surface area contributed by atoms with Gasteiger partial charge in [-0.25, -0.2) is 9.69 Å². The molecule has 1 N–H and O–H groups in total. The molecule has 0 fully saturated rings. The number of ether oxygens (including phenoxy) is 4. The van der Waals surface area contributed by atoms with Crippen molar-refractivity contribution in [2.24, 2.45) is 4.99 Å². The van der Waals surface area contributed by atoms with Crippen LogP contribution in [0.25, 0.3) is 0 Å². The molecule has 0 aromatic heterocycles. The number of nitrogens with zero attached hydrogens (tertiary/aromatic N) is 4. The molecule has 280 valence electrons. The standard InChI is InChI=1S/C42H44N4O8/c1-25-9-11-29(12-10-25)24-54-42(50)46-34-20-38(37(51-5)18-32(34)40(48)45-23-27(3)16-35(45)41(46)49)53-14-8-6-7-13-52-36-19-33-31(17-28(36)4)39(47)44-22-26(2)15-30(44)21-43-33/h9-12,17-23,30,35H,6-8,13-16,24H2,1-5H3/p+1/t30-,35-/m0/s1. The van der Waals surface area contributed by atoms with Gasteiger partial charge in [-0.05, 0) is 76.1 Å². The lowest BCUT2D eigenvalue weighted by Gasteiger charge is -2.22. The Labute approximate surface area is 314 Å². The Hall–Kier alpha value is -5.91. The number of imide groups is 1. The Morgan fingerprint density at radius 2 is 1.63 bits per heavy atom. The van der Waals surface area contributed by atoms with Gasteiger partial charge in [0.1, 0.15) is 17.9 Å². The number of aryl methyl sites for hydroxylation is 2. The van der Waals surface area contributed by atoms with Crippen LogP contribution >= 0.6 is 0 Å². The molecule has 4 heterocycles. The Bertz CT molecular complexity index is 2130. The lowest BCUT2D eigenvalue weighted by atomic mass is 10.1. The van der Waals surface area contributed by atoms with E-state index in [0.717, 1.165) is 52.0 Å². The molecular formula is C42H45N4O8+. The highest BCUT2D eigenvalue weighted by Gasteiger charge is 2.48. The van der Waals surface area contributed by atoms with Crippen LogP contribution in [0.15, 0.2) is 77.1 Å². The van der Waals surface area contributed by atoms with Gasteiger partial charge in [-0.1, -0.05) is 35.4 Å². The van der Waals surface area contributed by atoms with E-state index in [0.29, 0.717) is 54.6 Å². The molecule has 0 bridgehead atoms. The van der Waals surface area contributed by atoms with Gasteiger partial charge in [-0.15, -0.1) is 0 Å². The van der Waals surface area contributed by atoms with Crippen molar-refractivity contribution in [1.29, 1.82) is 0 Å². The summed E-state index contributed by atoms with van der Waals surface area (Å²) in [5.74, 6) is 0.614. The molecule has 4 aliphatic rings. The van der Waals surface area contributed by atoms with E-state index in [2.05, 4.69) is 4.99 Å². The van der Waals surface area contributed by atoms with Crippen LogP contribution in [0.3, 0.4) is 0 Å². The second-order valence-electron chi connectivity index (χ2n) is 14.3. The predicted octanol–water partition coefficient (Wildman–Crippen LogP) is 7.45. The van der Waals surface area contributed by atoms with Crippen LogP contribution in [-0.4, -0.2) is 77.0 Å². The van der Waals surface area contributed by atoms with E-state index in [9.17, 15) is 19.5 Å². The quantitative estimate of drug-likeness (QED) is 0.159. The Morgan fingerprint density at radius 1 is 0.889 bits per heavy atom. The van der Waals surface area contributed by atoms with Crippen LogP contribution in [0.4, 0.5) is 16.2 Å². The van der Waals surface area contributed by atoms with Crippen molar-refractivity contribution in [2.75, 3.05) is 25.2 Å². The molecule has 3 amide bonds. The summed E-state index contributed by atoms with van der Waals surface area (Å²) in [4.78, 5) is 48.3. The van der Waals surface area contributed by atoms with Crippen molar-refractivity contribution < 1.29 is 43.0 Å². The number of benzene rings is 3. The molecule has 2 atom stereocenters. The second-order valence-corrected chi connectivity index (χ2v) is 14.3. The van der Waals surface area contributed by atoms with E-state index in [-0.39, 0.29) is 35.7 Å². The third kappa shape index (κ3) is 7.20. The number of aliphatic hydroxyl groups excluding tert-OH is 1. The highest BCUT2D eigenvalue weighted by atomic mass is 16.6. The molecule has 0 aliphatic carbocycles. The molecular weight excluding hydrogens is 688 g/mol. The zero-order valence-electron chi connectivity index (χ0n) is 31.3. The van der Waals surface area contributed by atoms with E-state index >= 15 is 0 Å². The number of fused-ring (bicyclic) bond motifs is 4. The summed E-state index contributed by atoms with van der Waals surface area (Å²) in [5, 5.41) is 11.4. The number of hydrogen-bond donors (Lipinski definition) is 1. The average Bonchev–Trinajstić information content (AvgIpc) is 3.70. The molecule has 3 aromatic carbocycles. The van der Waals surface area contributed by atoms with Gasteiger partial charge in [0.2, 0.25) is 6.04 Å². The average molecular weight is 734 g/mol. The van der Waals surface area contributed by atoms with E-state index in [1.54, 1.807) is 23.2 Å². The first-order valence-electron chi connectivity index (χ1n) is 18.3. The summed E-state index contributed by atoms with van der Waals surface area (Å²) in [7, 11) is 1.49. The molecule has 0 spiro atoms. The number of rotatable bonds is 11. The van der Waals surface area contributed by atoms with Gasteiger partial charge < -0.3 is 29.0 Å². The molecule has 0 unspecified atom stereocenters. The highest BCUT2D eigenvalue weighted by Crippen LogP contribution is 2.39. The third-order valence-corrected chi connectivity index (χ3v) is 10.1. The minimum absolute atomic E-state index is 0.0286. The van der Waals surface area contributed by atoms with Crippen LogP contribution in [-0.2, 0) is 16.1 Å². The lowest BCUT2D eigenvalue weighted by molar-refractivity contribution is -0.482. The van der Waals surface area contributed by atoms with Gasteiger partial charge in [0, 0.05) is 37.0 Å². The van der Waals surface area contributed by atoms with Crippen LogP contribution < -0.4 is 19.1 Å². The minimum atomic E-state index is -0.854. The summed E-state index contributed by atoms with van der Waals surface area (Å²) in [6, 6.07) is 13.5. The van der Waals surface area contributed by atoms with E-state index in [1.807, 2.05) is 76.5 Å². The zero-order valence-corrected chi connectivity index (χ0v) is 31.3. The normalized spacial score (nSPS) is 18.6. The topological polar surface area (TPSA) is 130 Å². The number of aliphatic imine (C=N–C) groups is 1. The summed E-state index contributed by atoms with van der Waals surface area (Å²) < 4.78 is 25.1. The Morgan fingerprint density at radius 3 is 2.37 bits per heavy atom. The first-order valence-corrected chi connectivity index (χ1v) is 18.3. The van der Waals surface area contributed by atoms with Crippen molar-refractivity contribution in [3.05, 3.63) is 99.9 Å². The number of anilines is 1. The molecule has 0 saturated heterocycles. The number of carbonyl (C=O) groups is 3. The maximum Gasteiger partial charge on any atom is 0.421 e. The predicted molar refractivity (Wildman–Crippen MR) is 204 cm³/mol. The fourth-order valence-electron chi connectivity index (χ4n) is 7.18. The number of unbranched alkanes of at least 4 members (excludes halogenated alkanes) is 2. The van der Waals surface area contributed by atoms with Gasteiger partial charge in [0.05, 0.1) is 43.3 Å². The van der Waals surface area contributed by atoms with Crippen molar-refractivity contribution in [3.8, 4) is 17.2 Å². The van der Waals surface area contributed by atoms with E-state index in [1.165, 1.54) is 11.7 Å². The van der Waals surface area contributed by atoms with Crippen LogP contribution in [0.1, 0.15) is 78.6 Å². The number of hydrogen-bond acceptors (Lipinski definition) is 8. The maximum atomic E-state index is 14.0. The summed E-state index contributed by atoms with van der Waals surface area (Å²) >= 11 is 0. The van der Waals surface area contributed by atoms with Gasteiger partial charge >= 0.3 is 17.9 Å². The fourth-order valence-corrected chi connectivity index (χ4v) is 7.18. The Balaban J connectivity index is 1.00. The van der Waals surface area contributed by atoms with E-state index < -0.39 is 18.0 Å². The molecule has 54 heavy (non-hydrogen) atoms. The van der Waals surface area contributed by atoms with Crippen molar-refractivity contribution >= 4 is 41.4 Å². The fraction of sp³-hybridized carbons (Fsp3) is 0.357. The van der Waals surface area contributed by atoms with Gasteiger partial charge in [-0.3, -0.25) is 14.6 Å². The SMILES string of the molecule is COc1cc2c(cc1OCCCCCOc1cc3c(cc1C)C(=O)N1C=C(C)C[C@H]1C=N3)N(C(=O)OCc1ccc(C)cc1)C(=O)[C@@H]1CC(C)=C[N+]1=C2O. The smallest absolute Gasteiger partial charge is 0.421 e. The number of carbonyl (C=O) groups excluding carboxylic acids is 3. The van der Waals surface area contributed by atoms with Crippen molar-refractivity contribution in [1.82, 2.24) is 4.90 Å². The largest absolute Gasteiger partial charge is 0.493 e. The van der Waals surface area contributed by atoms with Gasteiger partial charge in [0.25, 0.3) is 5.91 Å². The third-order valence-electron chi connectivity index (χ3n) is 10.1. The maximum absolute atomic E-state index is 14.0. The first kappa shape index (κ1) is 36.4. The van der Waals surface area contributed by atoms with Gasteiger partial charge in [0.15, 0.2) is 17.7 Å². The molecule has 12 nitrogen and oxygen atoms in total. The molecule has 0 saturated carbocycles.